The predicted octanol–water partition coefficient (Wildman–Crippen LogP) is 4.32. The van der Waals surface area contributed by atoms with Gasteiger partial charge in [-0.2, -0.15) is 4.98 Å². The lowest BCUT2D eigenvalue weighted by Crippen LogP contribution is -2.24. The van der Waals surface area contributed by atoms with E-state index >= 15 is 0 Å². The van der Waals surface area contributed by atoms with E-state index in [9.17, 15) is 0 Å². The van der Waals surface area contributed by atoms with Crippen LogP contribution >= 0.6 is 22.7 Å². The molecule has 3 heterocycles. The van der Waals surface area contributed by atoms with E-state index < -0.39 is 0 Å². The third-order valence-electron chi connectivity index (χ3n) is 3.71. The Balaban J connectivity index is 1.72. The van der Waals surface area contributed by atoms with Crippen molar-refractivity contribution in [2.24, 2.45) is 0 Å². The Morgan fingerprint density at radius 2 is 2.09 bits per heavy atom. The van der Waals surface area contributed by atoms with Crippen molar-refractivity contribution in [1.82, 2.24) is 15.5 Å². The number of hydrogen-bond acceptors (Lipinski definition) is 6. The molecule has 1 unspecified atom stereocenters. The molecule has 0 bridgehead atoms. The number of hydrogen-bond donors (Lipinski definition) is 1. The first-order valence-corrected chi connectivity index (χ1v) is 8.79. The second-order valence-corrected chi connectivity index (χ2v) is 7.45. The summed E-state index contributed by atoms with van der Waals surface area (Å²) in [7, 11) is 1.93. The quantitative estimate of drug-likeness (QED) is 0.606. The molecule has 4 rings (SSSR count). The molecule has 6 heteroatoms. The molecule has 0 spiro atoms. The SMILES string of the molecule is CNC(C)Cc1noc(-c2cc3sc4ccccc4c3s2)n1. The Morgan fingerprint density at radius 1 is 1.23 bits per heavy atom. The van der Waals surface area contributed by atoms with Crippen LogP contribution in [0.2, 0.25) is 0 Å². The zero-order valence-electron chi connectivity index (χ0n) is 12.3. The smallest absolute Gasteiger partial charge is 0.268 e. The highest BCUT2D eigenvalue weighted by atomic mass is 32.1. The fraction of sp³-hybridized carbons (Fsp3) is 0.250. The molecule has 4 aromatic rings. The van der Waals surface area contributed by atoms with Gasteiger partial charge in [-0.3, -0.25) is 0 Å². The van der Waals surface area contributed by atoms with Gasteiger partial charge in [0, 0.05) is 27.2 Å². The maximum atomic E-state index is 5.43. The maximum Gasteiger partial charge on any atom is 0.268 e. The summed E-state index contributed by atoms with van der Waals surface area (Å²) in [5.74, 6) is 1.37. The molecule has 3 aromatic heterocycles. The van der Waals surface area contributed by atoms with Crippen molar-refractivity contribution in [1.29, 1.82) is 0 Å². The van der Waals surface area contributed by atoms with E-state index in [1.165, 1.54) is 19.5 Å². The molecule has 22 heavy (non-hydrogen) atoms. The Hall–Kier alpha value is -1.76. The number of likely N-dealkylation sites (N-methyl/N-ethyl adjacent to an activating group) is 1. The van der Waals surface area contributed by atoms with E-state index in [4.69, 9.17) is 4.52 Å². The Kier molecular flexibility index (Phi) is 3.44. The van der Waals surface area contributed by atoms with Crippen LogP contribution in [0.5, 0.6) is 0 Å². The molecular formula is C16H15N3OS2. The molecule has 0 aliphatic heterocycles. The van der Waals surface area contributed by atoms with E-state index in [1.54, 1.807) is 11.3 Å². The number of benzene rings is 1. The minimum absolute atomic E-state index is 0.334. The van der Waals surface area contributed by atoms with E-state index in [2.05, 4.69) is 52.7 Å². The van der Waals surface area contributed by atoms with Gasteiger partial charge in [-0.15, -0.1) is 22.7 Å². The first-order chi connectivity index (χ1) is 10.7. The Morgan fingerprint density at radius 3 is 2.95 bits per heavy atom. The largest absolute Gasteiger partial charge is 0.333 e. The number of fused-ring (bicyclic) bond motifs is 3. The fourth-order valence-corrected chi connectivity index (χ4v) is 4.86. The minimum atomic E-state index is 0.334. The lowest BCUT2D eigenvalue weighted by Gasteiger charge is -2.04. The van der Waals surface area contributed by atoms with Crippen molar-refractivity contribution >= 4 is 42.2 Å². The third kappa shape index (κ3) is 2.33. The number of rotatable bonds is 4. The van der Waals surface area contributed by atoms with E-state index in [0.29, 0.717) is 11.9 Å². The van der Waals surface area contributed by atoms with Crippen molar-refractivity contribution < 1.29 is 4.52 Å². The van der Waals surface area contributed by atoms with Gasteiger partial charge in [0.2, 0.25) is 0 Å². The van der Waals surface area contributed by atoms with Gasteiger partial charge in [-0.05, 0) is 26.1 Å². The van der Waals surface area contributed by atoms with Crippen molar-refractivity contribution in [3.8, 4) is 10.8 Å². The Labute approximate surface area is 135 Å². The summed E-state index contributed by atoms with van der Waals surface area (Å²) in [4.78, 5) is 5.56. The van der Waals surface area contributed by atoms with E-state index in [1.807, 2.05) is 18.4 Å². The van der Waals surface area contributed by atoms with Crippen molar-refractivity contribution in [2.45, 2.75) is 19.4 Å². The van der Waals surface area contributed by atoms with E-state index in [-0.39, 0.29) is 0 Å². The molecule has 1 atom stereocenters. The molecule has 0 radical (unpaired) electrons. The van der Waals surface area contributed by atoms with Crippen LogP contribution in [-0.2, 0) is 6.42 Å². The topological polar surface area (TPSA) is 51.0 Å². The zero-order valence-corrected chi connectivity index (χ0v) is 13.9. The van der Waals surface area contributed by atoms with Crippen LogP contribution in [0.4, 0.5) is 0 Å². The second kappa shape index (κ2) is 5.46. The lowest BCUT2D eigenvalue weighted by molar-refractivity contribution is 0.419. The van der Waals surface area contributed by atoms with Crippen LogP contribution in [0.3, 0.4) is 0 Å². The highest BCUT2D eigenvalue weighted by Gasteiger charge is 2.16. The zero-order chi connectivity index (χ0) is 15.1. The van der Waals surface area contributed by atoms with Gasteiger partial charge in [0.05, 0.1) is 9.58 Å². The summed E-state index contributed by atoms with van der Waals surface area (Å²) < 4.78 is 9.34. The van der Waals surface area contributed by atoms with Crippen LogP contribution in [0, 0.1) is 0 Å². The average molecular weight is 329 g/mol. The van der Waals surface area contributed by atoms with Crippen LogP contribution in [0.1, 0.15) is 12.7 Å². The normalized spacial score (nSPS) is 13.2. The summed E-state index contributed by atoms with van der Waals surface area (Å²) in [5.41, 5.74) is 0. The maximum absolute atomic E-state index is 5.43. The number of nitrogens with one attached hydrogen (secondary N) is 1. The molecule has 4 nitrogen and oxygen atoms in total. The molecule has 0 saturated carbocycles. The fourth-order valence-electron chi connectivity index (χ4n) is 2.42. The number of nitrogens with zero attached hydrogens (tertiary/aromatic N) is 2. The van der Waals surface area contributed by atoms with Crippen molar-refractivity contribution in [3.05, 3.63) is 36.2 Å². The first kappa shape index (κ1) is 13.9. The first-order valence-electron chi connectivity index (χ1n) is 7.16. The van der Waals surface area contributed by atoms with Gasteiger partial charge in [0.1, 0.15) is 0 Å². The van der Waals surface area contributed by atoms with Crippen LogP contribution < -0.4 is 5.32 Å². The van der Waals surface area contributed by atoms with Gasteiger partial charge in [-0.25, -0.2) is 0 Å². The number of aromatic nitrogens is 2. The minimum Gasteiger partial charge on any atom is -0.333 e. The summed E-state index contributed by atoms with van der Waals surface area (Å²) in [5, 5.41) is 8.57. The van der Waals surface area contributed by atoms with Gasteiger partial charge in [0.15, 0.2) is 5.82 Å². The van der Waals surface area contributed by atoms with Gasteiger partial charge >= 0.3 is 0 Å². The standard InChI is InChI=1S/C16H15N3OS2/c1-9(17-2)7-14-18-16(20-19-14)13-8-12-15(22-13)10-5-3-4-6-11(10)21-12/h3-6,8-9,17H,7H2,1-2H3. The van der Waals surface area contributed by atoms with Gasteiger partial charge in [-0.1, -0.05) is 23.4 Å². The molecular weight excluding hydrogens is 314 g/mol. The van der Waals surface area contributed by atoms with Crippen molar-refractivity contribution in [3.63, 3.8) is 0 Å². The van der Waals surface area contributed by atoms with Crippen LogP contribution in [0.15, 0.2) is 34.9 Å². The molecule has 0 amide bonds. The van der Waals surface area contributed by atoms with Crippen LogP contribution in [-0.4, -0.2) is 23.2 Å². The predicted molar refractivity (Wildman–Crippen MR) is 92.7 cm³/mol. The van der Waals surface area contributed by atoms with Gasteiger partial charge in [0.25, 0.3) is 5.89 Å². The summed E-state index contributed by atoms with van der Waals surface area (Å²) >= 11 is 3.53. The molecule has 0 saturated heterocycles. The number of thiophene rings is 2. The van der Waals surface area contributed by atoms with Crippen LogP contribution in [0.25, 0.3) is 30.3 Å². The molecule has 0 aliphatic rings. The monoisotopic (exact) mass is 329 g/mol. The summed E-state index contributed by atoms with van der Waals surface area (Å²) in [6.45, 7) is 2.10. The summed E-state index contributed by atoms with van der Waals surface area (Å²) in [6.07, 6.45) is 0.767. The highest BCUT2D eigenvalue weighted by molar-refractivity contribution is 7.33. The van der Waals surface area contributed by atoms with Crippen molar-refractivity contribution in [2.75, 3.05) is 7.05 Å². The van der Waals surface area contributed by atoms with Gasteiger partial charge < -0.3 is 9.84 Å². The molecule has 0 fully saturated rings. The third-order valence-corrected chi connectivity index (χ3v) is 6.11. The highest BCUT2D eigenvalue weighted by Crippen LogP contribution is 2.42. The second-order valence-electron chi connectivity index (χ2n) is 5.31. The molecule has 0 aliphatic carbocycles. The Bertz CT molecular complexity index is 937. The molecule has 112 valence electrons. The average Bonchev–Trinajstić information content (AvgIpc) is 3.20. The molecule has 1 N–H and O–H groups in total. The summed E-state index contributed by atoms with van der Waals surface area (Å²) in [6, 6.07) is 11.0. The molecule has 1 aromatic carbocycles. The lowest BCUT2D eigenvalue weighted by atomic mass is 10.2. The van der Waals surface area contributed by atoms with E-state index in [0.717, 1.165) is 17.1 Å².